The van der Waals surface area contributed by atoms with Crippen molar-refractivity contribution in [3.05, 3.63) is 35.4 Å². The van der Waals surface area contributed by atoms with E-state index in [4.69, 9.17) is 10.2 Å². The summed E-state index contributed by atoms with van der Waals surface area (Å²) in [4.78, 5) is 30.4. The molecule has 16 heavy (non-hydrogen) atoms. The van der Waals surface area contributed by atoms with Crippen molar-refractivity contribution in [1.29, 1.82) is 0 Å². The van der Waals surface area contributed by atoms with E-state index in [1.807, 2.05) is 0 Å². The third-order valence-electron chi connectivity index (χ3n) is 1.39. The number of carboxylic acid groups (broad SMARTS) is 2. The summed E-state index contributed by atoms with van der Waals surface area (Å²) < 4.78 is 0. The number of carbonyl (C=O) groups is 3. The molecule has 1 aromatic carbocycles. The average molecular weight is 224 g/mol. The lowest BCUT2D eigenvalue weighted by Gasteiger charge is -1.98. The molecule has 86 valence electrons. The number of aromatic carboxylic acids is 2. The smallest absolute Gasteiger partial charge is 0.336 e. The third kappa shape index (κ3) is 4.90. The quantitative estimate of drug-likeness (QED) is 0.797. The Labute approximate surface area is 92.3 Å². The van der Waals surface area contributed by atoms with E-state index in [1.54, 1.807) is 0 Å². The molecule has 0 aliphatic rings. The number of benzene rings is 1. The SMILES string of the molecule is CC(C)=O.O=C(O)c1ccccc1C(=O)O. The van der Waals surface area contributed by atoms with Crippen LogP contribution in [0.1, 0.15) is 34.6 Å². The van der Waals surface area contributed by atoms with Crippen LogP contribution in [0, 0.1) is 0 Å². The van der Waals surface area contributed by atoms with E-state index in [1.165, 1.54) is 38.1 Å². The van der Waals surface area contributed by atoms with Gasteiger partial charge in [0.25, 0.3) is 0 Å². The van der Waals surface area contributed by atoms with Gasteiger partial charge in [-0.15, -0.1) is 0 Å². The first-order valence-corrected chi connectivity index (χ1v) is 4.39. The van der Waals surface area contributed by atoms with Crippen molar-refractivity contribution in [2.24, 2.45) is 0 Å². The summed E-state index contributed by atoms with van der Waals surface area (Å²) >= 11 is 0. The second-order valence-electron chi connectivity index (χ2n) is 3.06. The number of ketones is 1. The van der Waals surface area contributed by atoms with Crippen LogP contribution >= 0.6 is 0 Å². The van der Waals surface area contributed by atoms with Crippen LogP contribution in [0.2, 0.25) is 0 Å². The Morgan fingerprint density at radius 2 is 1.12 bits per heavy atom. The molecular weight excluding hydrogens is 212 g/mol. The maximum absolute atomic E-state index is 10.5. The number of rotatable bonds is 2. The fourth-order valence-electron chi connectivity index (χ4n) is 0.856. The highest BCUT2D eigenvalue weighted by Gasteiger charge is 2.13. The zero-order valence-electron chi connectivity index (χ0n) is 8.93. The molecule has 1 aromatic rings. The highest BCUT2D eigenvalue weighted by atomic mass is 16.4. The predicted octanol–water partition coefficient (Wildman–Crippen LogP) is 1.68. The van der Waals surface area contributed by atoms with Crippen LogP contribution in [0.5, 0.6) is 0 Å². The zero-order valence-corrected chi connectivity index (χ0v) is 8.93. The number of hydrogen-bond acceptors (Lipinski definition) is 3. The summed E-state index contributed by atoms with van der Waals surface area (Å²) in [5, 5.41) is 17.1. The van der Waals surface area contributed by atoms with Crippen LogP contribution in [0.4, 0.5) is 0 Å². The normalized spacial score (nSPS) is 8.62. The molecule has 0 saturated heterocycles. The van der Waals surface area contributed by atoms with E-state index in [9.17, 15) is 14.4 Å². The third-order valence-corrected chi connectivity index (χ3v) is 1.39. The van der Waals surface area contributed by atoms with Gasteiger partial charge in [-0.2, -0.15) is 0 Å². The standard InChI is InChI=1S/C8H6O4.C3H6O/c9-7(10)5-3-1-2-4-6(5)8(11)12;1-3(2)4/h1-4H,(H,9,10)(H,11,12);1-2H3. The van der Waals surface area contributed by atoms with Crippen molar-refractivity contribution in [1.82, 2.24) is 0 Å². The fourth-order valence-corrected chi connectivity index (χ4v) is 0.856. The molecule has 2 N–H and O–H groups in total. The molecule has 0 fully saturated rings. The van der Waals surface area contributed by atoms with Gasteiger partial charge in [0.15, 0.2) is 0 Å². The van der Waals surface area contributed by atoms with Crippen LogP contribution in [-0.2, 0) is 4.79 Å². The fraction of sp³-hybridized carbons (Fsp3) is 0.182. The van der Waals surface area contributed by atoms with Crippen molar-refractivity contribution in [3.8, 4) is 0 Å². The average Bonchev–Trinajstić information content (AvgIpc) is 2.16. The molecule has 0 saturated carbocycles. The monoisotopic (exact) mass is 224 g/mol. The van der Waals surface area contributed by atoms with Crippen LogP contribution in [-0.4, -0.2) is 27.9 Å². The van der Waals surface area contributed by atoms with E-state index < -0.39 is 11.9 Å². The lowest BCUT2D eigenvalue weighted by atomic mass is 10.1. The second kappa shape index (κ2) is 6.34. The molecule has 5 heteroatoms. The number of hydrogen-bond donors (Lipinski definition) is 2. The Balaban J connectivity index is 0.000000487. The van der Waals surface area contributed by atoms with Gasteiger partial charge >= 0.3 is 11.9 Å². The minimum absolute atomic E-state index is 0.167. The van der Waals surface area contributed by atoms with Gasteiger partial charge in [0.2, 0.25) is 0 Å². The number of carbonyl (C=O) groups excluding carboxylic acids is 1. The van der Waals surface area contributed by atoms with Crippen molar-refractivity contribution in [3.63, 3.8) is 0 Å². The van der Waals surface area contributed by atoms with Gasteiger partial charge in [0.05, 0.1) is 11.1 Å². The van der Waals surface area contributed by atoms with Crippen molar-refractivity contribution >= 4 is 17.7 Å². The van der Waals surface area contributed by atoms with Gasteiger partial charge in [0, 0.05) is 0 Å². The van der Waals surface area contributed by atoms with E-state index in [0.717, 1.165) is 0 Å². The molecule has 0 heterocycles. The summed E-state index contributed by atoms with van der Waals surface area (Å²) in [5.74, 6) is -2.29. The number of carboxylic acids is 2. The molecule has 0 unspecified atom stereocenters. The highest BCUT2D eigenvalue weighted by Crippen LogP contribution is 2.07. The molecule has 0 aromatic heterocycles. The van der Waals surface area contributed by atoms with Gasteiger partial charge in [-0.1, -0.05) is 12.1 Å². The van der Waals surface area contributed by atoms with E-state index >= 15 is 0 Å². The Hall–Kier alpha value is -2.17. The predicted molar refractivity (Wildman–Crippen MR) is 56.7 cm³/mol. The van der Waals surface area contributed by atoms with Gasteiger partial charge in [-0.25, -0.2) is 9.59 Å². The number of Topliss-reactive ketones (excluding diaryl/α,β-unsaturated/α-hetero) is 1. The minimum Gasteiger partial charge on any atom is -0.478 e. The Kier molecular flexibility index (Phi) is 5.48. The van der Waals surface area contributed by atoms with Gasteiger partial charge in [-0.05, 0) is 26.0 Å². The zero-order chi connectivity index (χ0) is 12.7. The summed E-state index contributed by atoms with van der Waals surface area (Å²) in [7, 11) is 0. The molecule has 1 rings (SSSR count). The van der Waals surface area contributed by atoms with Gasteiger partial charge < -0.3 is 15.0 Å². The molecule has 0 spiro atoms. The molecule has 0 bridgehead atoms. The lowest BCUT2D eigenvalue weighted by Crippen LogP contribution is -2.06. The van der Waals surface area contributed by atoms with E-state index in [2.05, 4.69) is 0 Å². The molecule has 0 aliphatic carbocycles. The summed E-state index contributed by atoms with van der Waals surface area (Å²) in [6, 6.07) is 5.48. The van der Waals surface area contributed by atoms with Crippen LogP contribution in [0.25, 0.3) is 0 Å². The van der Waals surface area contributed by atoms with E-state index in [0.29, 0.717) is 0 Å². The first-order valence-electron chi connectivity index (χ1n) is 4.39. The van der Waals surface area contributed by atoms with Crippen LogP contribution in [0.15, 0.2) is 24.3 Å². The summed E-state index contributed by atoms with van der Waals surface area (Å²) in [6.07, 6.45) is 0. The molecule has 0 atom stereocenters. The molecular formula is C11H12O5. The Bertz CT molecular complexity index is 372. The second-order valence-corrected chi connectivity index (χ2v) is 3.06. The molecule has 0 radical (unpaired) electrons. The molecule has 0 amide bonds. The van der Waals surface area contributed by atoms with Gasteiger partial charge in [-0.3, -0.25) is 0 Å². The highest BCUT2D eigenvalue weighted by molar-refractivity contribution is 6.01. The van der Waals surface area contributed by atoms with Crippen molar-refractivity contribution < 1.29 is 24.6 Å². The first kappa shape index (κ1) is 13.8. The Morgan fingerprint density at radius 1 is 0.875 bits per heavy atom. The van der Waals surface area contributed by atoms with Crippen LogP contribution < -0.4 is 0 Å². The maximum Gasteiger partial charge on any atom is 0.336 e. The summed E-state index contributed by atoms with van der Waals surface area (Å²) in [5.41, 5.74) is -0.380. The molecule has 5 nitrogen and oxygen atoms in total. The van der Waals surface area contributed by atoms with Crippen molar-refractivity contribution in [2.45, 2.75) is 13.8 Å². The first-order chi connectivity index (χ1) is 7.36. The van der Waals surface area contributed by atoms with Crippen LogP contribution in [0.3, 0.4) is 0 Å². The Morgan fingerprint density at radius 3 is 1.31 bits per heavy atom. The summed E-state index contributed by atoms with van der Waals surface area (Å²) in [6.45, 7) is 3.06. The largest absolute Gasteiger partial charge is 0.478 e. The van der Waals surface area contributed by atoms with Crippen molar-refractivity contribution in [2.75, 3.05) is 0 Å². The lowest BCUT2D eigenvalue weighted by molar-refractivity contribution is -0.115. The maximum atomic E-state index is 10.5. The topological polar surface area (TPSA) is 91.7 Å². The molecule has 0 aliphatic heterocycles. The van der Waals surface area contributed by atoms with E-state index in [-0.39, 0.29) is 16.9 Å². The minimum atomic E-state index is -1.23. The van der Waals surface area contributed by atoms with Gasteiger partial charge in [0.1, 0.15) is 5.78 Å².